The Bertz CT molecular complexity index is 617. The van der Waals surface area contributed by atoms with E-state index >= 15 is 0 Å². The molecule has 1 aromatic carbocycles. The smallest absolute Gasteiger partial charge is 0.0596 e. The first-order valence-corrected chi connectivity index (χ1v) is 7.70. The fourth-order valence-corrected chi connectivity index (χ4v) is 3.51. The van der Waals surface area contributed by atoms with Gasteiger partial charge in [0.05, 0.1) is 5.69 Å². The van der Waals surface area contributed by atoms with Crippen molar-refractivity contribution in [2.24, 2.45) is 18.8 Å². The number of aromatic nitrogens is 2. The average molecular weight is 284 g/mol. The van der Waals surface area contributed by atoms with Crippen molar-refractivity contribution in [3.63, 3.8) is 0 Å². The van der Waals surface area contributed by atoms with E-state index in [0.717, 1.165) is 25.0 Å². The van der Waals surface area contributed by atoms with Crippen LogP contribution in [0.4, 0.5) is 0 Å². The first kappa shape index (κ1) is 14.3. The zero-order chi connectivity index (χ0) is 14.8. The van der Waals surface area contributed by atoms with Crippen molar-refractivity contribution in [2.45, 2.75) is 38.6 Å². The molecule has 1 heterocycles. The summed E-state index contributed by atoms with van der Waals surface area (Å²) in [6.45, 7) is 2.03. The Kier molecular flexibility index (Phi) is 4.08. The summed E-state index contributed by atoms with van der Waals surface area (Å²) in [7, 11) is 2.01. The highest BCUT2D eigenvalue weighted by molar-refractivity contribution is 5.30. The minimum Gasteiger partial charge on any atom is -0.272 e. The molecule has 4 heteroatoms. The van der Waals surface area contributed by atoms with Crippen LogP contribution in [0.15, 0.2) is 30.3 Å². The molecule has 0 fully saturated rings. The lowest BCUT2D eigenvalue weighted by molar-refractivity contribution is 0.317. The van der Waals surface area contributed by atoms with Crippen molar-refractivity contribution in [1.29, 1.82) is 0 Å². The number of nitrogens with zero attached hydrogens (tertiary/aromatic N) is 2. The minimum atomic E-state index is 0.299. The molecule has 3 N–H and O–H groups in total. The minimum absolute atomic E-state index is 0.299. The van der Waals surface area contributed by atoms with Gasteiger partial charge in [-0.2, -0.15) is 5.10 Å². The van der Waals surface area contributed by atoms with Crippen molar-refractivity contribution in [1.82, 2.24) is 15.2 Å². The van der Waals surface area contributed by atoms with E-state index in [1.807, 2.05) is 18.7 Å². The molecule has 0 bridgehead atoms. The van der Waals surface area contributed by atoms with Gasteiger partial charge in [-0.1, -0.05) is 24.3 Å². The number of benzene rings is 1. The predicted octanol–water partition coefficient (Wildman–Crippen LogP) is 1.91. The van der Waals surface area contributed by atoms with E-state index in [4.69, 9.17) is 5.84 Å². The Hall–Kier alpha value is -1.65. The summed E-state index contributed by atoms with van der Waals surface area (Å²) in [5.41, 5.74) is 8.34. The second-order valence-electron chi connectivity index (χ2n) is 6.15. The monoisotopic (exact) mass is 284 g/mol. The van der Waals surface area contributed by atoms with Gasteiger partial charge in [0.15, 0.2) is 0 Å². The van der Waals surface area contributed by atoms with Crippen LogP contribution in [0.25, 0.3) is 0 Å². The maximum atomic E-state index is 5.85. The molecule has 21 heavy (non-hydrogen) atoms. The maximum absolute atomic E-state index is 5.85. The van der Waals surface area contributed by atoms with Gasteiger partial charge in [-0.05, 0) is 49.3 Å². The van der Waals surface area contributed by atoms with Gasteiger partial charge in [-0.25, -0.2) is 0 Å². The van der Waals surface area contributed by atoms with E-state index in [2.05, 4.69) is 40.9 Å². The van der Waals surface area contributed by atoms with Gasteiger partial charge in [-0.15, -0.1) is 0 Å². The molecule has 2 aromatic rings. The topological polar surface area (TPSA) is 55.9 Å². The van der Waals surface area contributed by atoms with E-state index in [1.165, 1.54) is 23.2 Å². The van der Waals surface area contributed by atoms with Gasteiger partial charge in [0, 0.05) is 25.2 Å². The van der Waals surface area contributed by atoms with E-state index in [1.54, 1.807) is 0 Å². The summed E-state index contributed by atoms with van der Waals surface area (Å²) in [5.74, 6) is 6.43. The van der Waals surface area contributed by atoms with Gasteiger partial charge in [0.1, 0.15) is 0 Å². The standard InChI is InChI=1S/C17H24N4/c1-12-9-16(21(2)20-12)11-17(19-18)15-8-7-13-5-3-4-6-14(13)10-15/h3-6,9,15,17,19H,7-8,10-11,18H2,1-2H3. The van der Waals surface area contributed by atoms with Gasteiger partial charge in [-0.3, -0.25) is 16.0 Å². The summed E-state index contributed by atoms with van der Waals surface area (Å²) < 4.78 is 1.97. The Labute approximate surface area is 126 Å². The second kappa shape index (κ2) is 6.00. The van der Waals surface area contributed by atoms with Crippen LogP contribution in [-0.4, -0.2) is 15.8 Å². The zero-order valence-electron chi connectivity index (χ0n) is 12.8. The molecular formula is C17H24N4. The van der Waals surface area contributed by atoms with Gasteiger partial charge in [0.25, 0.3) is 0 Å². The molecule has 0 spiro atoms. The highest BCUT2D eigenvalue weighted by Gasteiger charge is 2.26. The second-order valence-corrected chi connectivity index (χ2v) is 6.15. The van der Waals surface area contributed by atoms with E-state index in [-0.39, 0.29) is 0 Å². The van der Waals surface area contributed by atoms with Crippen molar-refractivity contribution in [2.75, 3.05) is 0 Å². The first-order chi connectivity index (χ1) is 10.2. The molecule has 0 saturated carbocycles. The molecule has 1 aromatic heterocycles. The third-order valence-electron chi connectivity index (χ3n) is 4.70. The Morgan fingerprint density at radius 3 is 2.81 bits per heavy atom. The lowest BCUT2D eigenvalue weighted by atomic mass is 9.79. The van der Waals surface area contributed by atoms with Crippen molar-refractivity contribution < 1.29 is 0 Å². The van der Waals surface area contributed by atoms with E-state index in [9.17, 15) is 0 Å². The van der Waals surface area contributed by atoms with Crippen LogP contribution in [0.1, 0.15) is 28.9 Å². The molecule has 1 aliphatic rings. The number of aryl methyl sites for hydroxylation is 3. The SMILES string of the molecule is Cc1cc(CC(NN)C2CCc3ccccc3C2)n(C)n1. The fraction of sp³-hybridized carbons (Fsp3) is 0.471. The predicted molar refractivity (Wildman–Crippen MR) is 84.7 cm³/mol. The summed E-state index contributed by atoms with van der Waals surface area (Å²) in [4.78, 5) is 0. The van der Waals surface area contributed by atoms with Crippen molar-refractivity contribution in [3.8, 4) is 0 Å². The maximum Gasteiger partial charge on any atom is 0.0596 e. The van der Waals surface area contributed by atoms with Crippen LogP contribution in [0.3, 0.4) is 0 Å². The highest BCUT2D eigenvalue weighted by Crippen LogP contribution is 2.28. The van der Waals surface area contributed by atoms with E-state index < -0.39 is 0 Å². The number of rotatable bonds is 4. The molecule has 112 valence electrons. The van der Waals surface area contributed by atoms with Gasteiger partial charge in [0.2, 0.25) is 0 Å². The molecular weight excluding hydrogens is 260 g/mol. The Morgan fingerprint density at radius 1 is 1.38 bits per heavy atom. The largest absolute Gasteiger partial charge is 0.272 e. The van der Waals surface area contributed by atoms with Crippen molar-refractivity contribution >= 4 is 0 Å². The van der Waals surface area contributed by atoms with Crippen LogP contribution >= 0.6 is 0 Å². The van der Waals surface area contributed by atoms with Crippen LogP contribution in [0.5, 0.6) is 0 Å². The molecule has 4 nitrogen and oxygen atoms in total. The molecule has 0 saturated heterocycles. The number of nitrogens with one attached hydrogen (secondary N) is 1. The van der Waals surface area contributed by atoms with Crippen molar-refractivity contribution in [3.05, 3.63) is 52.8 Å². The molecule has 3 rings (SSSR count). The lowest BCUT2D eigenvalue weighted by Crippen LogP contribution is -2.44. The van der Waals surface area contributed by atoms with Crippen LogP contribution in [0.2, 0.25) is 0 Å². The molecule has 0 amide bonds. The number of nitrogens with two attached hydrogens (primary N) is 1. The number of hydrogen-bond donors (Lipinski definition) is 2. The normalized spacial score (nSPS) is 19.3. The molecule has 1 aliphatic carbocycles. The highest BCUT2D eigenvalue weighted by atomic mass is 15.3. The van der Waals surface area contributed by atoms with Gasteiger partial charge < -0.3 is 0 Å². The molecule has 0 aliphatic heterocycles. The molecule has 2 atom stereocenters. The fourth-order valence-electron chi connectivity index (χ4n) is 3.51. The summed E-state index contributed by atoms with van der Waals surface area (Å²) in [6.07, 6.45) is 4.40. The van der Waals surface area contributed by atoms with Gasteiger partial charge >= 0.3 is 0 Å². The number of fused-ring (bicyclic) bond motifs is 1. The molecule has 2 unspecified atom stereocenters. The summed E-state index contributed by atoms with van der Waals surface area (Å²) in [6, 6.07) is 11.2. The molecule has 0 radical (unpaired) electrons. The summed E-state index contributed by atoms with van der Waals surface area (Å²) in [5, 5.41) is 4.43. The van der Waals surface area contributed by atoms with Crippen LogP contribution in [0, 0.1) is 12.8 Å². The number of hydrogen-bond acceptors (Lipinski definition) is 3. The summed E-state index contributed by atoms with van der Waals surface area (Å²) >= 11 is 0. The Balaban J connectivity index is 1.74. The third-order valence-corrected chi connectivity index (χ3v) is 4.70. The third kappa shape index (κ3) is 3.01. The average Bonchev–Trinajstić information content (AvgIpc) is 2.82. The number of hydrazine groups is 1. The lowest BCUT2D eigenvalue weighted by Gasteiger charge is -2.31. The first-order valence-electron chi connectivity index (χ1n) is 7.70. The van der Waals surface area contributed by atoms with Crippen LogP contribution < -0.4 is 11.3 Å². The zero-order valence-corrected chi connectivity index (χ0v) is 12.8. The quantitative estimate of drug-likeness (QED) is 0.666. The van der Waals surface area contributed by atoms with E-state index in [0.29, 0.717) is 12.0 Å². The van der Waals surface area contributed by atoms with Crippen LogP contribution in [-0.2, 0) is 26.3 Å². The Morgan fingerprint density at radius 2 is 2.14 bits per heavy atom.